The molecule has 3 heteroatoms. The van der Waals surface area contributed by atoms with Crippen LogP contribution in [-0.4, -0.2) is 18.5 Å². The molecule has 1 rings (SSSR count). The molecule has 0 aromatic rings. The predicted octanol–water partition coefficient (Wildman–Crippen LogP) is 2.69. The summed E-state index contributed by atoms with van der Waals surface area (Å²) in [7, 11) is 0. The monoisotopic (exact) mass is 254 g/mol. The van der Waals surface area contributed by atoms with Gasteiger partial charge >= 0.3 is 0 Å². The van der Waals surface area contributed by atoms with Crippen molar-refractivity contribution in [2.24, 2.45) is 23.5 Å². The highest BCUT2D eigenvalue weighted by molar-refractivity contribution is 5.76. The van der Waals surface area contributed by atoms with E-state index in [0.717, 1.165) is 25.2 Å². The number of nitrogens with one attached hydrogen (secondary N) is 1. The summed E-state index contributed by atoms with van der Waals surface area (Å²) in [4.78, 5) is 12.0. The lowest BCUT2D eigenvalue weighted by Gasteiger charge is -2.27. The van der Waals surface area contributed by atoms with Crippen LogP contribution in [0.5, 0.6) is 0 Å². The molecular formula is C15H30N2O. The highest BCUT2D eigenvalue weighted by atomic mass is 16.1. The SMILES string of the molecule is CC(C)C[C@H](CN)CC(=O)NC1CCC(C)CC1. The summed E-state index contributed by atoms with van der Waals surface area (Å²) in [5.74, 6) is 1.98. The van der Waals surface area contributed by atoms with Gasteiger partial charge in [-0.1, -0.05) is 20.8 Å². The van der Waals surface area contributed by atoms with Gasteiger partial charge in [-0.05, 0) is 56.4 Å². The lowest BCUT2D eigenvalue weighted by Crippen LogP contribution is -2.38. The lowest BCUT2D eigenvalue weighted by atomic mass is 9.87. The van der Waals surface area contributed by atoms with Gasteiger partial charge in [0.25, 0.3) is 0 Å². The molecule has 0 aromatic carbocycles. The summed E-state index contributed by atoms with van der Waals surface area (Å²) in [5, 5.41) is 3.18. The zero-order valence-corrected chi connectivity index (χ0v) is 12.2. The van der Waals surface area contributed by atoms with Crippen LogP contribution in [0.2, 0.25) is 0 Å². The minimum absolute atomic E-state index is 0.200. The van der Waals surface area contributed by atoms with Crippen LogP contribution in [0.25, 0.3) is 0 Å². The normalized spacial score (nSPS) is 26.1. The molecular weight excluding hydrogens is 224 g/mol. The van der Waals surface area contributed by atoms with Crippen molar-refractivity contribution < 1.29 is 4.79 Å². The molecule has 106 valence electrons. The fourth-order valence-electron chi connectivity index (χ4n) is 2.88. The third-order valence-corrected chi connectivity index (χ3v) is 3.99. The molecule has 0 radical (unpaired) electrons. The average molecular weight is 254 g/mol. The smallest absolute Gasteiger partial charge is 0.220 e. The van der Waals surface area contributed by atoms with Gasteiger partial charge in [-0.3, -0.25) is 4.79 Å². The van der Waals surface area contributed by atoms with E-state index in [1.807, 2.05) is 0 Å². The van der Waals surface area contributed by atoms with Gasteiger partial charge in [-0.2, -0.15) is 0 Å². The zero-order chi connectivity index (χ0) is 13.5. The Hall–Kier alpha value is -0.570. The third kappa shape index (κ3) is 5.85. The number of hydrogen-bond donors (Lipinski definition) is 2. The Bertz CT molecular complexity index is 245. The van der Waals surface area contributed by atoms with Crippen LogP contribution in [0.3, 0.4) is 0 Å². The number of carbonyl (C=O) groups excluding carboxylic acids is 1. The van der Waals surface area contributed by atoms with Crippen LogP contribution in [-0.2, 0) is 4.79 Å². The van der Waals surface area contributed by atoms with Gasteiger partial charge in [0.05, 0.1) is 0 Å². The fraction of sp³-hybridized carbons (Fsp3) is 0.933. The maximum Gasteiger partial charge on any atom is 0.220 e. The maximum atomic E-state index is 12.0. The Labute approximate surface area is 112 Å². The van der Waals surface area contributed by atoms with Gasteiger partial charge in [0.15, 0.2) is 0 Å². The van der Waals surface area contributed by atoms with E-state index in [1.165, 1.54) is 12.8 Å². The van der Waals surface area contributed by atoms with E-state index in [9.17, 15) is 4.79 Å². The van der Waals surface area contributed by atoms with E-state index in [1.54, 1.807) is 0 Å². The summed E-state index contributed by atoms with van der Waals surface area (Å²) in [6.45, 7) is 7.28. The molecule has 0 aromatic heterocycles. The first-order valence-corrected chi connectivity index (χ1v) is 7.50. The fourth-order valence-corrected chi connectivity index (χ4v) is 2.88. The van der Waals surface area contributed by atoms with Crippen molar-refractivity contribution in [1.82, 2.24) is 5.32 Å². The standard InChI is InChI=1S/C15H30N2O/c1-11(2)8-13(10-16)9-15(18)17-14-6-4-12(3)5-7-14/h11-14H,4-10,16H2,1-3H3,(H,17,18)/t12?,13-,14?/m0/s1. The van der Waals surface area contributed by atoms with Crippen molar-refractivity contribution in [3.8, 4) is 0 Å². The van der Waals surface area contributed by atoms with Crippen molar-refractivity contribution in [2.75, 3.05) is 6.54 Å². The number of hydrogen-bond acceptors (Lipinski definition) is 2. The van der Waals surface area contributed by atoms with Gasteiger partial charge in [0.2, 0.25) is 5.91 Å². The topological polar surface area (TPSA) is 55.1 Å². The Morgan fingerprint density at radius 1 is 1.28 bits per heavy atom. The van der Waals surface area contributed by atoms with Crippen molar-refractivity contribution >= 4 is 5.91 Å². The largest absolute Gasteiger partial charge is 0.353 e. The molecule has 0 aliphatic heterocycles. The quantitative estimate of drug-likeness (QED) is 0.765. The van der Waals surface area contributed by atoms with E-state index >= 15 is 0 Å². The van der Waals surface area contributed by atoms with Crippen molar-refractivity contribution in [3.63, 3.8) is 0 Å². The third-order valence-electron chi connectivity index (χ3n) is 3.99. The second kappa shape index (κ2) is 7.78. The van der Waals surface area contributed by atoms with E-state index < -0.39 is 0 Å². The van der Waals surface area contributed by atoms with Crippen LogP contribution < -0.4 is 11.1 Å². The second-order valence-corrected chi connectivity index (χ2v) is 6.46. The molecule has 3 nitrogen and oxygen atoms in total. The molecule has 3 N–H and O–H groups in total. The van der Waals surface area contributed by atoms with Crippen LogP contribution in [0.15, 0.2) is 0 Å². The maximum absolute atomic E-state index is 12.0. The molecule has 1 fully saturated rings. The first kappa shape index (κ1) is 15.5. The molecule has 18 heavy (non-hydrogen) atoms. The zero-order valence-electron chi connectivity index (χ0n) is 12.2. The Balaban J connectivity index is 2.27. The molecule has 0 unspecified atom stereocenters. The molecule has 1 atom stereocenters. The minimum atomic E-state index is 0.200. The van der Waals surface area contributed by atoms with Gasteiger partial charge in [-0.25, -0.2) is 0 Å². The molecule has 0 saturated heterocycles. The van der Waals surface area contributed by atoms with Gasteiger partial charge in [0.1, 0.15) is 0 Å². The molecule has 1 aliphatic carbocycles. The van der Waals surface area contributed by atoms with E-state index in [4.69, 9.17) is 5.73 Å². The number of rotatable bonds is 6. The summed E-state index contributed by atoms with van der Waals surface area (Å²) in [5.41, 5.74) is 5.74. The van der Waals surface area contributed by atoms with Crippen LogP contribution in [0, 0.1) is 17.8 Å². The van der Waals surface area contributed by atoms with E-state index in [-0.39, 0.29) is 5.91 Å². The van der Waals surface area contributed by atoms with E-state index in [2.05, 4.69) is 26.1 Å². The minimum Gasteiger partial charge on any atom is -0.353 e. The Morgan fingerprint density at radius 2 is 1.89 bits per heavy atom. The molecule has 0 bridgehead atoms. The molecule has 1 saturated carbocycles. The van der Waals surface area contributed by atoms with Crippen molar-refractivity contribution in [1.29, 1.82) is 0 Å². The molecule has 0 spiro atoms. The summed E-state index contributed by atoms with van der Waals surface area (Å²) < 4.78 is 0. The second-order valence-electron chi connectivity index (χ2n) is 6.46. The summed E-state index contributed by atoms with van der Waals surface area (Å²) in [6, 6.07) is 0.408. The molecule has 1 aliphatic rings. The van der Waals surface area contributed by atoms with Gasteiger partial charge < -0.3 is 11.1 Å². The highest BCUT2D eigenvalue weighted by Crippen LogP contribution is 2.23. The number of nitrogens with two attached hydrogens (primary N) is 1. The lowest BCUT2D eigenvalue weighted by molar-refractivity contribution is -0.123. The van der Waals surface area contributed by atoms with Crippen LogP contribution in [0.1, 0.15) is 59.3 Å². The Kier molecular flexibility index (Phi) is 6.69. The number of carbonyl (C=O) groups is 1. The summed E-state index contributed by atoms with van der Waals surface area (Å²) in [6.07, 6.45) is 6.43. The van der Waals surface area contributed by atoms with Gasteiger partial charge in [-0.15, -0.1) is 0 Å². The average Bonchev–Trinajstić information content (AvgIpc) is 2.30. The summed E-state index contributed by atoms with van der Waals surface area (Å²) >= 11 is 0. The Morgan fingerprint density at radius 3 is 2.39 bits per heavy atom. The van der Waals surface area contributed by atoms with Gasteiger partial charge in [0, 0.05) is 12.5 Å². The first-order chi connectivity index (χ1) is 8.51. The van der Waals surface area contributed by atoms with Crippen molar-refractivity contribution in [3.05, 3.63) is 0 Å². The molecule has 1 amide bonds. The highest BCUT2D eigenvalue weighted by Gasteiger charge is 2.21. The number of amides is 1. The molecule has 0 heterocycles. The van der Waals surface area contributed by atoms with E-state index in [0.29, 0.717) is 30.8 Å². The first-order valence-electron chi connectivity index (χ1n) is 7.50. The van der Waals surface area contributed by atoms with Crippen molar-refractivity contribution in [2.45, 2.75) is 65.3 Å². The van der Waals surface area contributed by atoms with Crippen LogP contribution in [0.4, 0.5) is 0 Å². The van der Waals surface area contributed by atoms with Crippen LogP contribution >= 0.6 is 0 Å². The predicted molar refractivity (Wildman–Crippen MR) is 76.2 cm³/mol.